The molecule has 1 aliphatic rings. The van der Waals surface area contributed by atoms with Gasteiger partial charge in [0, 0.05) is 25.4 Å². The molecule has 0 saturated carbocycles. The number of nitrogens with one attached hydrogen (secondary N) is 3. The van der Waals surface area contributed by atoms with Gasteiger partial charge in [-0.1, -0.05) is 37.3 Å². The average molecular weight is 380 g/mol. The van der Waals surface area contributed by atoms with Crippen LogP contribution in [0.2, 0.25) is 0 Å². The van der Waals surface area contributed by atoms with Crippen LogP contribution in [0, 0.1) is 5.41 Å². The minimum Gasteiger partial charge on any atom is -0.354 e. The van der Waals surface area contributed by atoms with E-state index in [0.29, 0.717) is 18.5 Å². The van der Waals surface area contributed by atoms with E-state index < -0.39 is 6.04 Å². The van der Waals surface area contributed by atoms with Crippen LogP contribution in [0.5, 0.6) is 0 Å². The van der Waals surface area contributed by atoms with E-state index >= 15 is 0 Å². The average Bonchev–Trinajstić information content (AvgIpc) is 2.73. The van der Waals surface area contributed by atoms with Gasteiger partial charge >= 0.3 is 0 Å². The van der Waals surface area contributed by atoms with Crippen LogP contribution in [0.25, 0.3) is 0 Å². The summed E-state index contributed by atoms with van der Waals surface area (Å²) in [5, 5.41) is 9.30. The predicted molar refractivity (Wildman–Crippen MR) is 109 cm³/mol. The Morgan fingerprint density at radius 3 is 2.57 bits per heavy atom. The summed E-state index contributed by atoms with van der Waals surface area (Å²) < 4.78 is 0. The number of hydrogen-bond donors (Lipinski definition) is 3. The summed E-state index contributed by atoms with van der Waals surface area (Å²) in [6.45, 7) is 4.76. The zero-order valence-corrected chi connectivity index (χ0v) is 16.3. The van der Waals surface area contributed by atoms with Gasteiger partial charge in [0.15, 0.2) is 0 Å². The Balaban J connectivity index is 1.67. The third kappa shape index (κ3) is 5.63. The molecule has 0 radical (unpaired) electrons. The maximum Gasteiger partial charge on any atom is 0.253 e. The molecule has 1 unspecified atom stereocenters. The summed E-state index contributed by atoms with van der Waals surface area (Å²) in [5.74, 6) is -0.446. The summed E-state index contributed by atoms with van der Waals surface area (Å²) in [5.41, 5.74) is 1.53. The van der Waals surface area contributed by atoms with Crippen molar-refractivity contribution in [1.82, 2.24) is 20.9 Å². The lowest BCUT2D eigenvalue weighted by Gasteiger charge is -2.34. The van der Waals surface area contributed by atoms with E-state index in [9.17, 15) is 9.59 Å². The van der Waals surface area contributed by atoms with Gasteiger partial charge in [0.25, 0.3) is 5.91 Å². The van der Waals surface area contributed by atoms with Gasteiger partial charge in [-0.15, -0.1) is 0 Å². The van der Waals surface area contributed by atoms with Crippen molar-refractivity contribution >= 4 is 11.8 Å². The van der Waals surface area contributed by atoms with Crippen molar-refractivity contribution in [2.24, 2.45) is 5.41 Å². The lowest BCUT2D eigenvalue weighted by molar-refractivity contribution is -0.123. The Hall–Kier alpha value is -2.73. The minimum absolute atomic E-state index is 0.0889. The fourth-order valence-corrected chi connectivity index (χ4v) is 3.43. The molecule has 2 aromatic rings. The number of rotatable bonds is 7. The fraction of sp³-hybridized carbons (Fsp3) is 0.409. The molecule has 28 heavy (non-hydrogen) atoms. The molecule has 1 fully saturated rings. The van der Waals surface area contributed by atoms with Gasteiger partial charge < -0.3 is 16.0 Å². The molecule has 6 nitrogen and oxygen atoms in total. The van der Waals surface area contributed by atoms with E-state index in [0.717, 1.165) is 31.5 Å². The molecular formula is C22H28N4O2. The van der Waals surface area contributed by atoms with Crippen LogP contribution in [0.1, 0.15) is 35.7 Å². The Kier molecular flexibility index (Phi) is 6.76. The zero-order valence-electron chi connectivity index (χ0n) is 16.3. The standard InChI is InChI=1S/C22H28N4O2/c1-22(9-12-23-13-10-22)16-25-21(28)19(14-17-6-3-2-4-7-17)26-20(27)18-8-5-11-24-15-18/h2-8,11,15,19,23H,9-10,12-14,16H2,1H3,(H,25,28)(H,26,27). The molecule has 0 bridgehead atoms. The van der Waals surface area contributed by atoms with E-state index in [1.807, 2.05) is 30.3 Å². The third-order valence-corrected chi connectivity index (χ3v) is 5.33. The number of piperidine rings is 1. The molecule has 2 amide bonds. The van der Waals surface area contributed by atoms with Gasteiger partial charge in [0.1, 0.15) is 6.04 Å². The Morgan fingerprint density at radius 2 is 1.89 bits per heavy atom. The van der Waals surface area contributed by atoms with Gasteiger partial charge in [0.2, 0.25) is 5.91 Å². The molecule has 148 valence electrons. The van der Waals surface area contributed by atoms with Crippen LogP contribution in [0.3, 0.4) is 0 Å². The molecular weight excluding hydrogens is 352 g/mol. The van der Waals surface area contributed by atoms with Gasteiger partial charge in [-0.25, -0.2) is 0 Å². The van der Waals surface area contributed by atoms with Crippen LogP contribution in [0.15, 0.2) is 54.9 Å². The first kappa shape index (κ1) is 20.0. The quantitative estimate of drug-likeness (QED) is 0.685. The highest BCUT2D eigenvalue weighted by Gasteiger charge is 2.29. The van der Waals surface area contributed by atoms with Crippen molar-refractivity contribution in [3.05, 3.63) is 66.0 Å². The summed E-state index contributed by atoms with van der Waals surface area (Å²) in [6.07, 6.45) is 5.61. The number of pyridine rings is 1. The van der Waals surface area contributed by atoms with Crippen molar-refractivity contribution in [2.45, 2.75) is 32.2 Å². The maximum absolute atomic E-state index is 12.9. The highest BCUT2D eigenvalue weighted by molar-refractivity contribution is 5.97. The second-order valence-electron chi connectivity index (χ2n) is 7.74. The number of carbonyl (C=O) groups excluding carboxylic acids is 2. The van der Waals surface area contributed by atoms with Crippen molar-refractivity contribution in [3.63, 3.8) is 0 Å². The van der Waals surface area contributed by atoms with Crippen molar-refractivity contribution < 1.29 is 9.59 Å². The van der Waals surface area contributed by atoms with E-state index in [-0.39, 0.29) is 17.2 Å². The SMILES string of the molecule is CC1(CNC(=O)C(Cc2ccccc2)NC(=O)c2cccnc2)CCNCC1. The molecule has 2 heterocycles. The summed E-state index contributed by atoms with van der Waals surface area (Å²) in [6, 6.07) is 12.5. The van der Waals surface area contributed by atoms with Crippen molar-refractivity contribution in [3.8, 4) is 0 Å². The van der Waals surface area contributed by atoms with Crippen molar-refractivity contribution in [1.29, 1.82) is 0 Å². The highest BCUT2D eigenvalue weighted by atomic mass is 16.2. The van der Waals surface area contributed by atoms with Crippen molar-refractivity contribution in [2.75, 3.05) is 19.6 Å². The van der Waals surface area contributed by atoms with Gasteiger partial charge in [-0.05, 0) is 49.0 Å². The zero-order chi connectivity index (χ0) is 19.8. The normalized spacial score (nSPS) is 16.8. The molecule has 3 N–H and O–H groups in total. The van der Waals surface area contributed by atoms with Crippen LogP contribution >= 0.6 is 0 Å². The Morgan fingerprint density at radius 1 is 1.14 bits per heavy atom. The first-order valence-electron chi connectivity index (χ1n) is 9.79. The third-order valence-electron chi connectivity index (χ3n) is 5.33. The van der Waals surface area contributed by atoms with Crippen LogP contribution in [-0.2, 0) is 11.2 Å². The largest absolute Gasteiger partial charge is 0.354 e. The highest BCUT2D eigenvalue weighted by Crippen LogP contribution is 2.26. The van der Waals surface area contributed by atoms with E-state index in [4.69, 9.17) is 0 Å². The second kappa shape index (κ2) is 9.46. The minimum atomic E-state index is -0.638. The molecule has 0 spiro atoms. The first-order chi connectivity index (χ1) is 13.6. The first-order valence-corrected chi connectivity index (χ1v) is 9.79. The molecule has 1 aromatic heterocycles. The smallest absolute Gasteiger partial charge is 0.253 e. The second-order valence-corrected chi connectivity index (χ2v) is 7.74. The van der Waals surface area contributed by atoms with Crippen LogP contribution in [0.4, 0.5) is 0 Å². The Bertz CT molecular complexity index is 774. The number of aromatic nitrogens is 1. The number of hydrogen-bond acceptors (Lipinski definition) is 4. The van der Waals surface area contributed by atoms with Gasteiger partial charge in [-0.3, -0.25) is 14.6 Å². The fourth-order valence-electron chi connectivity index (χ4n) is 3.43. The molecule has 0 aliphatic carbocycles. The van der Waals surface area contributed by atoms with Gasteiger partial charge in [-0.2, -0.15) is 0 Å². The molecule has 6 heteroatoms. The van der Waals surface area contributed by atoms with E-state index in [1.54, 1.807) is 18.3 Å². The molecule has 1 aliphatic heterocycles. The van der Waals surface area contributed by atoms with Crippen LogP contribution in [-0.4, -0.2) is 42.5 Å². The predicted octanol–water partition coefficient (Wildman–Crippen LogP) is 1.93. The maximum atomic E-state index is 12.9. The van der Waals surface area contributed by atoms with E-state index in [2.05, 4.69) is 27.9 Å². The molecule has 1 aromatic carbocycles. The lowest BCUT2D eigenvalue weighted by Crippen LogP contribution is -2.51. The summed E-state index contributed by atoms with van der Waals surface area (Å²) in [7, 11) is 0. The number of amides is 2. The number of nitrogens with zero attached hydrogens (tertiary/aromatic N) is 1. The molecule has 1 saturated heterocycles. The molecule has 1 atom stereocenters. The number of carbonyl (C=O) groups is 2. The monoisotopic (exact) mass is 380 g/mol. The molecule has 3 rings (SSSR count). The summed E-state index contributed by atoms with van der Waals surface area (Å²) in [4.78, 5) is 29.5. The topological polar surface area (TPSA) is 83.1 Å². The lowest BCUT2D eigenvalue weighted by atomic mass is 9.81. The van der Waals surface area contributed by atoms with E-state index in [1.165, 1.54) is 6.20 Å². The Labute approximate surface area is 166 Å². The van der Waals surface area contributed by atoms with Gasteiger partial charge in [0.05, 0.1) is 5.56 Å². The number of benzene rings is 1. The van der Waals surface area contributed by atoms with Crippen LogP contribution < -0.4 is 16.0 Å². The summed E-state index contributed by atoms with van der Waals surface area (Å²) >= 11 is 0.